The number of nitrogens with zero attached hydrogens (tertiary/aromatic N) is 1. The van der Waals surface area contributed by atoms with Crippen LogP contribution in [0.3, 0.4) is 0 Å². The SMILES string of the molecule is CCCN(CC)c1cc(Cl)cc(C(=O)NCC2C(=O)NC(C)CC2C)c1C. The van der Waals surface area contributed by atoms with Crippen LogP contribution in [0.2, 0.25) is 5.02 Å². The van der Waals surface area contributed by atoms with Gasteiger partial charge in [0.15, 0.2) is 0 Å². The van der Waals surface area contributed by atoms with E-state index in [4.69, 9.17) is 11.6 Å². The number of nitrogens with one attached hydrogen (secondary N) is 2. The van der Waals surface area contributed by atoms with E-state index in [0.29, 0.717) is 17.1 Å². The zero-order valence-electron chi connectivity index (χ0n) is 17.1. The molecule has 5 nitrogen and oxygen atoms in total. The summed E-state index contributed by atoms with van der Waals surface area (Å²) < 4.78 is 0. The lowest BCUT2D eigenvalue weighted by atomic mass is 9.84. The van der Waals surface area contributed by atoms with Crippen molar-refractivity contribution in [3.05, 3.63) is 28.3 Å². The van der Waals surface area contributed by atoms with Crippen LogP contribution in [0.4, 0.5) is 5.69 Å². The molecule has 0 saturated carbocycles. The van der Waals surface area contributed by atoms with Crippen LogP contribution in [-0.4, -0.2) is 37.5 Å². The van der Waals surface area contributed by atoms with Crippen molar-refractivity contribution in [2.45, 2.75) is 53.5 Å². The van der Waals surface area contributed by atoms with Gasteiger partial charge in [-0.25, -0.2) is 0 Å². The summed E-state index contributed by atoms with van der Waals surface area (Å²) in [6.07, 6.45) is 1.95. The standard InChI is InChI=1S/C21H32ClN3O2/c1-6-8-25(7-2)19-11-16(22)10-17(15(19)5)20(26)23-12-18-13(3)9-14(4)24-21(18)27/h10-11,13-14,18H,6-9,12H2,1-5H3,(H,23,26)(H,24,27). The molecule has 1 aliphatic heterocycles. The number of hydrogen-bond acceptors (Lipinski definition) is 3. The number of carbonyl (C=O) groups excluding carboxylic acids is 2. The van der Waals surface area contributed by atoms with E-state index < -0.39 is 0 Å². The van der Waals surface area contributed by atoms with Gasteiger partial charge in [0.05, 0.1) is 5.92 Å². The number of amides is 2. The molecule has 0 bridgehead atoms. The van der Waals surface area contributed by atoms with E-state index >= 15 is 0 Å². The van der Waals surface area contributed by atoms with E-state index in [2.05, 4.69) is 36.3 Å². The average Bonchev–Trinajstić information content (AvgIpc) is 2.60. The smallest absolute Gasteiger partial charge is 0.251 e. The molecule has 1 heterocycles. The van der Waals surface area contributed by atoms with Gasteiger partial charge in [-0.3, -0.25) is 9.59 Å². The lowest BCUT2D eigenvalue weighted by Crippen LogP contribution is -2.50. The van der Waals surface area contributed by atoms with Crippen molar-refractivity contribution in [2.24, 2.45) is 11.8 Å². The lowest BCUT2D eigenvalue weighted by Gasteiger charge is -2.32. The molecule has 2 amide bonds. The number of carbonyl (C=O) groups is 2. The molecule has 3 unspecified atom stereocenters. The summed E-state index contributed by atoms with van der Waals surface area (Å²) in [5.41, 5.74) is 2.49. The minimum absolute atomic E-state index is 0.0187. The molecule has 2 N–H and O–H groups in total. The average molecular weight is 394 g/mol. The van der Waals surface area contributed by atoms with Gasteiger partial charge in [0.2, 0.25) is 5.91 Å². The van der Waals surface area contributed by atoms with E-state index in [0.717, 1.165) is 37.2 Å². The van der Waals surface area contributed by atoms with Gasteiger partial charge < -0.3 is 15.5 Å². The quantitative estimate of drug-likeness (QED) is 0.741. The Morgan fingerprint density at radius 2 is 2.04 bits per heavy atom. The number of piperidine rings is 1. The number of hydrogen-bond donors (Lipinski definition) is 2. The third kappa shape index (κ3) is 5.16. The summed E-state index contributed by atoms with van der Waals surface area (Å²) in [7, 11) is 0. The monoisotopic (exact) mass is 393 g/mol. The first-order valence-corrected chi connectivity index (χ1v) is 10.3. The van der Waals surface area contributed by atoms with Crippen molar-refractivity contribution >= 4 is 29.1 Å². The van der Waals surface area contributed by atoms with Crippen molar-refractivity contribution in [1.82, 2.24) is 10.6 Å². The third-order valence-electron chi connectivity index (χ3n) is 5.43. The van der Waals surface area contributed by atoms with E-state index in [1.54, 1.807) is 6.07 Å². The molecular weight excluding hydrogens is 362 g/mol. The van der Waals surface area contributed by atoms with E-state index in [9.17, 15) is 9.59 Å². The molecule has 1 aliphatic rings. The normalized spacial score (nSPS) is 22.3. The lowest BCUT2D eigenvalue weighted by molar-refractivity contribution is -0.129. The first-order chi connectivity index (χ1) is 12.8. The molecule has 0 spiro atoms. The van der Waals surface area contributed by atoms with E-state index in [1.165, 1.54) is 0 Å². The fourth-order valence-corrected chi connectivity index (χ4v) is 4.14. The fraction of sp³-hybridized carbons (Fsp3) is 0.619. The third-order valence-corrected chi connectivity index (χ3v) is 5.64. The van der Waals surface area contributed by atoms with Crippen LogP contribution in [0.25, 0.3) is 0 Å². The van der Waals surface area contributed by atoms with Crippen molar-refractivity contribution in [2.75, 3.05) is 24.5 Å². The van der Waals surface area contributed by atoms with Crippen LogP contribution in [0, 0.1) is 18.8 Å². The highest BCUT2D eigenvalue weighted by Crippen LogP contribution is 2.29. The summed E-state index contributed by atoms with van der Waals surface area (Å²) in [6, 6.07) is 3.82. The topological polar surface area (TPSA) is 61.4 Å². The predicted octanol–water partition coefficient (Wildman–Crippen LogP) is 3.78. The van der Waals surface area contributed by atoms with Crippen LogP contribution in [0.5, 0.6) is 0 Å². The van der Waals surface area contributed by atoms with Gasteiger partial charge in [-0.05, 0) is 57.2 Å². The molecule has 0 radical (unpaired) electrons. The second-order valence-electron chi connectivity index (χ2n) is 7.62. The Balaban J connectivity index is 2.16. The van der Waals surface area contributed by atoms with Crippen LogP contribution in [0.1, 0.15) is 56.5 Å². The number of anilines is 1. The Morgan fingerprint density at radius 3 is 2.63 bits per heavy atom. The highest BCUT2D eigenvalue weighted by molar-refractivity contribution is 6.31. The Morgan fingerprint density at radius 1 is 1.33 bits per heavy atom. The zero-order chi connectivity index (χ0) is 20.1. The molecule has 150 valence electrons. The maximum absolute atomic E-state index is 12.8. The number of rotatable bonds is 7. The number of halogens is 1. The highest BCUT2D eigenvalue weighted by Gasteiger charge is 2.32. The Bertz CT molecular complexity index is 692. The van der Waals surface area contributed by atoms with Crippen molar-refractivity contribution in [1.29, 1.82) is 0 Å². The molecule has 3 atom stereocenters. The summed E-state index contributed by atoms with van der Waals surface area (Å²) in [4.78, 5) is 27.3. The van der Waals surface area contributed by atoms with Crippen molar-refractivity contribution in [3.63, 3.8) is 0 Å². The fourth-order valence-electron chi connectivity index (χ4n) is 3.93. The maximum atomic E-state index is 12.8. The Kier molecular flexibility index (Phi) is 7.54. The second kappa shape index (κ2) is 9.45. The Labute approximate surface area is 167 Å². The largest absolute Gasteiger partial charge is 0.372 e. The van der Waals surface area contributed by atoms with Crippen LogP contribution in [-0.2, 0) is 4.79 Å². The molecule has 1 fully saturated rings. The molecule has 6 heteroatoms. The molecule has 2 rings (SSSR count). The van der Waals surface area contributed by atoms with Crippen molar-refractivity contribution in [3.8, 4) is 0 Å². The molecule has 27 heavy (non-hydrogen) atoms. The van der Waals surface area contributed by atoms with E-state index in [1.807, 2.05) is 19.9 Å². The summed E-state index contributed by atoms with van der Waals surface area (Å²) in [5.74, 6) is -0.117. The molecule has 1 aromatic carbocycles. The molecular formula is C21H32ClN3O2. The first-order valence-electron chi connectivity index (χ1n) is 9.92. The van der Waals surface area contributed by atoms with Gasteiger partial charge in [0, 0.05) is 41.9 Å². The van der Waals surface area contributed by atoms with Crippen LogP contribution < -0.4 is 15.5 Å². The molecule has 0 aromatic heterocycles. The zero-order valence-corrected chi connectivity index (χ0v) is 17.8. The minimum Gasteiger partial charge on any atom is -0.372 e. The van der Waals surface area contributed by atoms with Gasteiger partial charge in [-0.15, -0.1) is 0 Å². The van der Waals surface area contributed by atoms with E-state index in [-0.39, 0.29) is 29.7 Å². The molecule has 0 aliphatic carbocycles. The van der Waals surface area contributed by atoms with Gasteiger partial charge in [-0.1, -0.05) is 25.4 Å². The Hall–Kier alpha value is -1.75. The van der Waals surface area contributed by atoms with Gasteiger partial charge in [-0.2, -0.15) is 0 Å². The second-order valence-corrected chi connectivity index (χ2v) is 8.05. The summed E-state index contributed by atoms with van der Waals surface area (Å²) >= 11 is 6.31. The van der Waals surface area contributed by atoms with Gasteiger partial charge >= 0.3 is 0 Å². The van der Waals surface area contributed by atoms with Gasteiger partial charge in [0.1, 0.15) is 0 Å². The highest BCUT2D eigenvalue weighted by atomic mass is 35.5. The molecule has 1 aromatic rings. The maximum Gasteiger partial charge on any atom is 0.251 e. The van der Waals surface area contributed by atoms with Gasteiger partial charge in [0.25, 0.3) is 5.91 Å². The first kappa shape index (κ1) is 21.5. The van der Waals surface area contributed by atoms with Crippen molar-refractivity contribution < 1.29 is 9.59 Å². The summed E-state index contributed by atoms with van der Waals surface area (Å²) in [5, 5.41) is 6.47. The molecule has 1 saturated heterocycles. The summed E-state index contributed by atoms with van der Waals surface area (Å²) in [6.45, 7) is 12.4. The predicted molar refractivity (Wildman–Crippen MR) is 112 cm³/mol. The van der Waals surface area contributed by atoms with Crippen LogP contribution in [0.15, 0.2) is 12.1 Å². The minimum atomic E-state index is -0.198. The van der Waals surface area contributed by atoms with Crippen LogP contribution >= 0.6 is 11.6 Å². The number of benzene rings is 1.